The van der Waals surface area contributed by atoms with Gasteiger partial charge in [-0.05, 0) is 11.3 Å². The van der Waals surface area contributed by atoms with Gasteiger partial charge in [-0.15, -0.1) is 26.6 Å². The number of hydrogen-bond donors (Lipinski definition) is 0. The number of nitrogens with zero attached hydrogens (tertiary/aromatic N) is 5. The Balaban J connectivity index is 2.02. The van der Waals surface area contributed by atoms with Crippen molar-refractivity contribution in [1.82, 2.24) is 25.2 Å². The third-order valence-corrected chi connectivity index (χ3v) is 2.98. The average Bonchev–Trinajstić information content (AvgIpc) is 2.97. The molecular formula is C13H9ClFN5. The standard InChI is InChI=1S/C13H9ClFN5/c14-7-10-6-11(15)8-16-13(10)20-18-12(17-19-20)9-4-2-1-3-5-9/h1-6,8H,7H2. The minimum Gasteiger partial charge on any atom is -0.232 e. The number of halogens is 2. The van der Waals surface area contributed by atoms with Crippen molar-refractivity contribution >= 4 is 11.6 Å². The van der Waals surface area contributed by atoms with Gasteiger partial charge in [-0.1, -0.05) is 30.3 Å². The maximum Gasteiger partial charge on any atom is 0.205 e. The molecule has 5 nitrogen and oxygen atoms in total. The summed E-state index contributed by atoms with van der Waals surface area (Å²) >= 11 is 5.78. The van der Waals surface area contributed by atoms with Crippen LogP contribution in [0.25, 0.3) is 17.2 Å². The molecule has 0 saturated carbocycles. The van der Waals surface area contributed by atoms with E-state index in [9.17, 15) is 4.39 Å². The van der Waals surface area contributed by atoms with Crippen molar-refractivity contribution < 1.29 is 4.39 Å². The minimum absolute atomic E-state index is 0.113. The predicted molar refractivity (Wildman–Crippen MR) is 71.9 cm³/mol. The van der Waals surface area contributed by atoms with E-state index >= 15 is 0 Å². The Morgan fingerprint density at radius 1 is 1.20 bits per heavy atom. The Morgan fingerprint density at radius 3 is 2.75 bits per heavy atom. The first-order chi connectivity index (χ1) is 9.78. The van der Waals surface area contributed by atoms with Gasteiger partial charge in [0.25, 0.3) is 0 Å². The van der Waals surface area contributed by atoms with Crippen molar-refractivity contribution in [1.29, 1.82) is 0 Å². The van der Waals surface area contributed by atoms with Crippen LogP contribution in [0.4, 0.5) is 4.39 Å². The van der Waals surface area contributed by atoms with E-state index in [1.165, 1.54) is 10.9 Å². The van der Waals surface area contributed by atoms with Crippen LogP contribution in [0.15, 0.2) is 42.6 Å². The molecule has 7 heteroatoms. The Labute approximate surface area is 119 Å². The van der Waals surface area contributed by atoms with E-state index in [0.29, 0.717) is 17.2 Å². The van der Waals surface area contributed by atoms with E-state index in [-0.39, 0.29) is 5.88 Å². The molecule has 2 aromatic heterocycles. The molecule has 0 radical (unpaired) electrons. The Bertz CT molecular complexity index is 729. The molecular weight excluding hydrogens is 281 g/mol. The molecule has 3 aromatic rings. The van der Waals surface area contributed by atoms with Gasteiger partial charge in [-0.3, -0.25) is 0 Å². The monoisotopic (exact) mass is 289 g/mol. The lowest BCUT2D eigenvalue weighted by atomic mass is 10.2. The normalized spacial score (nSPS) is 10.7. The van der Waals surface area contributed by atoms with Crippen LogP contribution in [0.2, 0.25) is 0 Å². The summed E-state index contributed by atoms with van der Waals surface area (Å²) in [4.78, 5) is 5.21. The fourth-order valence-corrected chi connectivity index (χ4v) is 1.96. The molecule has 100 valence electrons. The highest BCUT2D eigenvalue weighted by atomic mass is 35.5. The molecule has 0 aliphatic carbocycles. The van der Waals surface area contributed by atoms with Crippen LogP contribution in [0.5, 0.6) is 0 Å². The Kier molecular flexibility index (Phi) is 3.39. The lowest BCUT2D eigenvalue weighted by molar-refractivity contribution is 0.612. The summed E-state index contributed by atoms with van der Waals surface area (Å²) in [6.07, 6.45) is 1.09. The van der Waals surface area contributed by atoms with E-state index in [1.54, 1.807) is 0 Å². The molecule has 3 rings (SSSR count). The largest absolute Gasteiger partial charge is 0.232 e. The van der Waals surface area contributed by atoms with Crippen molar-refractivity contribution in [3.8, 4) is 17.2 Å². The maximum atomic E-state index is 13.1. The zero-order valence-electron chi connectivity index (χ0n) is 10.2. The molecule has 0 fully saturated rings. The van der Waals surface area contributed by atoms with Gasteiger partial charge in [0.2, 0.25) is 5.82 Å². The lowest BCUT2D eigenvalue weighted by Crippen LogP contribution is -2.06. The first kappa shape index (κ1) is 12.7. The van der Waals surface area contributed by atoms with Crippen LogP contribution in [-0.2, 0) is 5.88 Å². The summed E-state index contributed by atoms with van der Waals surface area (Å²) in [5.41, 5.74) is 1.34. The molecule has 1 aromatic carbocycles. The highest BCUT2D eigenvalue weighted by molar-refractivity contribution is 6.17. The van der Waals surface area contributed by atoms with Gasteiger partial charge >= 0.3 is 0 Å². The summed E-state index contributed by atoms with van der Waals surface area (Å²) in [7, 11) is 0. The van der Waals surface area contributed by atoms with Crippen molar-refractivity contribution in [2.45, 2.75) is 5.88 Å². The summed E-state index contributed by atoms with van der Waals surface area (Å²) < 4.78 is 13.1. The smallest absolute Gasteiger partial charge is 0.205 e. The number of rotatable bonds is 3. The molecule has 0 spiro atoms. The van der Waals surface area contributed by atoms with E-state index < -0.39 is 5.82 Å². The van der Waals surface area contributed by atoms with Crippen molar-refractivity contribution in [3.05, 3.63) is 54.0 Å². The fraction of sp³-hybridized carbons (Fsp3) is 0.0769. The second-order valence-corrected chi connectivity index (χ2v) is 4.31. The van der Waals surface area contributed by atoms with Crippen LogP contribution in [0.3, 0.4) is 0 Å². The number of alkyl halides is 1. The topological polar surface area (TPSA) is 56.5 Å². The van der Waals surface area contributed by atoms with Crippen molar-refractivity contribution in [2.24, 2.45) is 0 Å². The van der Waals surface area contributed by atoms with Gasteiger partial charge in [0.1, 0.15) is 5.82 Å². The molecule has 0 saturated heterocycles. The van der Waals surface area contributed by atoms with E-state index in [0.717, 1.165) is 11.8 Å². The molecule has 0 bridgehead atoms. The van der Waals surface area contributed by atoms with Crippen LogP contribution in [0.1, 0.15) is 5.56 Å². The third-order valence-electron chi connectivity index (χ3n) is 2.69. The van der Waals surface area contributed by atoms with E-state index in [4.69, 9.17) is 11.6 Å². The summed E-state index contributed by atoms with van der Waals surface area (Å²) in [6.45, 7) is 0. The number of pyridine rings is 1. The minimum atomic E-state index is -0.451. The molecule has 2 heterocycles. The first-order valence-corrected chi connectivity index (χ1v) is 6.37. The molecule has 0 N–H and O–H groups in total. The number of benzene rings is 1. The van der Waals surface area contributed by atoms with Gasteiger partial charge in [-0.25, -0.2) is 9.37 Å². The number of aromatic nitrogens is 5. The van der Waals surface area contributed by atoms with E-state index in [1.807, 2.05) is 30.3 Å². The van der Waals surface area contributed by atoms with Gasteiger partial charge in [0.15, 0.2) is 5.82 Å². The number of tetrazole rings is 1. The Morgan fingerprint density at radius 2 is 2.00 bits per heavy atom. The van der Waals surface area contributed by atoms with Gasteiger partial charge in [0, 0.05) is 11.1 Å². The van der Waals surface area contributed by atoms with Crippen molar-refractivity contribution in [2.75, 3.05) is 0 Å². The quantitative estimate of drug-likeness (QED) is 0.696. The van der Waals surface area contributed by atoms with Crippen LogP contribution < -0.4 is 0 Å². The Hall–Kier alpha value is -2.34. The fourth-order valence-electron chi connectivity index (χ4n) is 1.76. The maximum absolute atomic E-state index is 13.1. The highest BCUT2D eigenvalue weighted by Crippen LogP contribution is 2.16. The lowest BCUT2D eigenvalue weighted by Gasteiger charge is -2.03. The third kappa shape index (κ3) is 2.37. The highest BCUT2D eigenvalue weighted by Gasteiger charge is 2.12. The summed E-state index contributed by atoms with van der Waals surface area (Å²) in [5.74, 6) is 0.503. The second-order valence-electron chi connectivity index (χ2n) is 4.04. The zero-order valence-corrected chi connectivity index (χ0v) is 11.0. The zero-order chi connectivity index (χ0) is 13.9. The molecule has 0 aliphatic rings. The van der Waals surface area contributed by atoms with E-state index in [2.05, 4.69) is 20.4 Å². The molecule has 20 heavy (non-hydrogen) atoms. The van der Waals surface area contributed by atoms with Crippen LogP contribution in [0, 0.1) is 5.82 Å². The predicted octanol–water partition coefficient (Wildman–Crippen LogP) is 2.60. The van der Waals surface area contributed by atoms with Crippen LogP contribution in [-0.4, -0.2) is 25.2 Å². The summed E-state index contributed by atoms with van der Waals surface area (Å²) in [5, 5.41) is 12.1. The van der Waals surface area contributed by atoms with Gasteiger partial charge in [0.05, 0.1) is 12.1 Å². The van der Waals surface area contributed by atoms with Gasteiger partial charge in [-0.2, -0.15) is 0 Å². The van der Waals surface area contributed by atoms with Crippen molar-refractivity contribution in [3.63, 3.8) is 0 Å². The first-order valence-electron chi connectivity index (χ1n) is 5.84. The number of hydrogen-bond acceptors (Lipinski definition) is 4. The molecule has 0 unspecified atom stereocenters. The molecule has 0 amide bonds. The summed E-state index contributed by atoms with van der Waals surface area (Å²) in [6, 6.07) is 10.7. The second kappa shape index (κ2) is 5.34. The SMILES string of the molecule is Fc1cnc(-n2nnc(-c3ccccc3)n2)c(CCl)c1. The average molecular weight is 290 g/mol. The molecule has 0 atom stereocenters. The van der Waals surface area contributed by atoms with Crippen LogP contribution >= 0.6 is 11.6 Å². The van der Waals surface area contributed by atoms with Gasteiger partial charge < -0.3 is 0 Å². The molecule has 0 aliphatic heterocycles.